The van der Waals surface area contributed by atoms with Gasteiger partial charge in [0.25, 0.3) is 0 Å². The second-order valence-electron chi connectivity index (χ2n) is 4.32. The van der Waals surface area contributed by atoms with E-state index >= 15 is 0 Å². The number of rotatable bonds is 6. The van der Waals surface area contributed by atoms with Crippen molar-refractivity contribution < 1.29 is 9.47 Å². The van der Waals surface area contributed by atoms with Gasteiger partial charge in [0.1, 0.15) is 4.34 Å². The molecule has 2 N–H and O–H groups in total. The average Bonchev–Trinajstić information content (AvgIpc) is 2.80. The van der Waals surface area contributed by atoms with Crippen molar-refractivity contribution in [1.29, 1.82) is 0 Å². The SMILES string of the molecule is CCOc1ccc(C(N)c2cc(Br)c(Cl)s2)cc1OCC. The van der Waals surface area contributed by atoms with Crippen LogP contribution in [0.25, 0.3) is 0 Å². The molecule has 21 heavy (non-hydrogen) atoms. The summed E-state index contributed by atoms with van der Waals surface area (Å²) >= 11 is 11.0. The Balaban J connectivity index is 2.32. The zero-order chi connectivity index (χ0) is 15.4. The quantitative estimate of drug-likeness (QED) is 0.754. The number of halogens is 2. The Morgan fingerprint density at radius 1 is 1.19 bits per heavy atom. The Morgan fingerprint density at radius 3 is 2.43 bits per heavy atom. The molecule has 0 spiro atoms. The smallest absolute Gasteiger partial charge is 0.161 e. The van der Waals surface area contributed by atoms with E-state index in [2.05, 4.69) is 15.9 Å². The van der Waals surface area contributed by atoms with E-state index in [9.17, 15) is 0 Å². The van der Waals surface area contributed by atoms with Gasteiger partial charge in [-0.2, -0.15) is 0 Å². The van der Waals surface area contributed by atoms with E-state index in [-0.39, 0.29) is 6.04 Å². The Morgan fingerprint density at radius 2 is 1.86 bits per heavy atom. The van der Waals surface area contributed by atoms with Crippen molar-refractivity contribution in [2.24, 2.45) is 5.73 Å². The molecule has 114 valence electrons. The van der Waals surface area contributed by atoms with Crippen LogP contribution in [0, 0.1) is 0 Å². The fraction of sp³-hybridized carbons (Fsp3) is 0.333. The van der Waals surface area contributed by atoms with E-state index in [1.54, 1.807) is 0 Å². The van der Waals surface area contributed by atoms with Crippen molar-refractivity contribution in [2.75, 3.05) is 13.2 Å². The normalized spacial score (nSPS) is 12.2. The van der Waals surface area contributed by atoms with Crippen LogP contribution in [0.3, 0.4) is 0 Å². The molecule has 0 amide bonds. The molecule has 0 aliphatic rings. The van der Waals surface area contributed by atoms with E-state index in [0.717, 1.165) is 20.7 Å². The van der Waals surface area contributed by atoms with Gasteiger partial charge in [-0.15, -0.1) is 11.3 Å². The number of benzene rings is 1. The molecule has 6 heteroatoms. The summed E-state index contributed by atoms with van der Waals surface area (Å²) in [4.78, 5) is 0.999. The standard InChI is InChI=1S/C15H17BrClNO2S/c1-3-19-11-6-5-9(7-12(11)20-4-2)14(18)13-8-10(16)15(17)21-13/h5-8,14H,3-4,18H2,1-2H3. The number of hydrogen-bond acceptors (Lipinski definition) is 4. The Hall–Kier alpha value is -0.750. The van der Waals surface area contributed by atoms with Crippen LogP contribution in [0.5, 0.6) is 11.5 Å². The Bertz CT molecular complexity index is 598. The molecule has 3 nitrogen and oxygen atoms in total. The first-order valence-electron chi connectivity index (χ1n) is 6.66. The molecular weight excluding hydrogens is 374 g/mol. The highest BCUT2D eigenvalue weighted by Gasteiger charge is 2.16. The first kappa shape index (κ1) is 16.6. The molecule has 1 atom stereocenters. The van der Waals surface area contributed by atoms with Gasteiger partial charge < -0.3 is 15.2 Å². The van der Waals surface area contributed by atoms with Crippen LogP contribution >= 0.6 is 38.9 Å². The summed E-state index contributed by atoms with van der Waals surface area (Å²) < 4.78 is 12.8. The maximum atomic E-state index is 6.32. The summed E-state index contributed by atoms with van der Waals surface area (Å²) in [5, 5.41) is 0. The molecule has 0 aliphatic heterocycles. The molecule has 0 aliphatic carbocycles. The molecule has 0 saturated heterocycles. The monoisotopic (exact) mass is 389 g/mol. The molecule has 1 aromatic carbocycles. The van der Waals surface area contributed by atoms with Gasteiger partial charge in [-0.05, 0) is 53.5 Å². The third kappa shape index (κ3) is 3.92. The van der Waals surface area contributed by atoms with Crippen LogP contribution in [-0.2, 0) is 0 Å². The molecular formula is C15H17BrClNO2S. The highest BCUT2D eigenvalue weighted by Crippen LogP contribution is 2.38. The summed E-state index contributed by atoms with van der Waals surface area (Å²) in [5.41, 5.74) is 7.29. The summed E-state index contributed by atoms with van der Waals surface area (Å²) in [6.07, 6.45) is 0. The van der Waals surface area contributed by atoms with Crippen LogP contribution in [0.15, 0.2) is 28.7 Å². The number of thiophene rings is 1. The van der Waals surface area contributed by atoms with Gasteiger partial charge in [-0.1, -0.05) is 17.7 Å². The zero-order valence-corrected chi connectivity index (χ0v) is 15.0. The van der Waals surface area contributed by atoms with Gasteiger partial charge in [0.2, 0.25) is 0 Å². The van der Waals surface area contributed by atoms with Gasteiger partial charge in [-0.25, -0.2) is 0 Å². The highest BCUT2D eigenvalue weighted by atomic mass is 79.9. The van der Waals surface area contributed by atoms with Gasteiger partial charge >= 0.3 is 0 Å². The fourth-order valence-corrected chi connectivity index (χ4v) is 3.71. The minimum Gasteiger partial charge on any atom is -0.490 e. The minimum absolute atomic E-state index is 0.242. The lowest BCUT2D eigenvalue weighted by Gasteiger charge is -2.15. The van der Waals surface area contributed by atoms with E-state index in [4.69, 9.17) is 26.8 Å². The van der Waals surface area contributed by atoms with Crippen molar-refractivity contribution in [3.63, 3.8) is 0 Å². The van der Waals surface area contributed by atoms with Crippen LogP contribution in [0.2, 0.25) is 4.34 Å². The van der Waals surface area contributed by atoms with Gasteiger partial charge in [0.05, 0.1) is 19.3 Å². The topological polar surface area (TPSA) is 44.5 Å². The van der Waals surface area contributed by atoms with Crippen molar-refractivity contribution in [3.8, 4) is 11.5 Å². The van der Waals surface area contributed by atoms with Crippen molar-refractivity contribution in [3.05, 3.63) is 43.5 Å². The van der Waals surface area contributed by atoms with Crippen LogP contribution in [-0.4, -0.2) is 13.2 Å². The third-order valence-corrected chi connectivity index (χ3v) is 5.46. The summed E-state index contributed by atoms with van der Waals surface area (Å²) in [6.45, 7) is 5.06. The molecule has 2 rings (SSSR count). The minimum atomic E-state index is -0.242. The zero-order valence-electron chi connectivity index (χ0n) is 11.9. The second kappa shape index (κ2) is 7.49. The van der Waals surface area contributed by atoms with Crippen LogP contribution in [0.1, 0.15) is 30.3 Å². The maximum absolute atomic E-state index is 6.32. The fourth-order valence-electron chi connectivity index (χ4n) is 1.94. The first-order valence-corrected chi connectivity index (χ1v) is 8.65. The molecule has 2 aromatic rings. The lowest BCUT2D eigenvalue weighted by Crippen LogP contribution is -2.10. The van der Waals surface area contributed by atoms with Crippen LogP contribution in [0.4, 0.5) is 0 Å². The predicted octanol–water partition coefficient (Wildman–Crippen LogP) is 5.01. The lowest BCUT2D eigenvalue weighted by atomic mass is 10.1. The summed E-state index contributed by atoms with van der Waals surface area (Å²) in [5.74, 6) is 1.45. The van der Waals surface area contributed by atoms with E-state index in [0.29, 0.717) is 23.3 Å². The Labute approximate surface area is 142 Å². The van der Waals surface area contributed by atoms with E-state index in [1.165, 1.54) is 11.3 Å². The van der Waals surface area contributed by atoms with Crippen LogP contribution < -0.4 is 15.2 Å². The van der Waals surface area contributed by atoms with E-state index < -0.39 is 0 Å². The first-order chi connectivity index (χ1) is 10.1. The lowest BCUT2D eigenvalue weighted by molar-refractivity contribution is 0.287. The van der Waals surface area contributed by atoms with Gasteiger partial charge in [0.15, 0.2) is 11.5 Å². The second-order valence-corrected chi connectivity index (χ2v) is 6.86. The number of ether oxygens (including phenoxy) is 2. The largest absolute Gasteiger partial charge is 0.490 e. The van der Waals surface area contributed by atoms with Crippen molar-refractivity contribution >= 4 is 38.9 Å². The number of nitrogens with two attached hydrogens (primary N) is 1. The molecule has 0 saturated carbocycles. The Kier molecular flexibility index (Phi) is 5.93. The predicted molar refractivity (Wildman–Crippen MR) is 91.8 cm³/mol. The third-order valence-electron chi connectivity index (χ3n) is 2.90. The molecule has 1 aromatic heterocycles. The number of hydrogen-bond donors (Lipinski definition) is 1. The maximum Gasteiger partial charge on any atom is 0.161 e. The molecule has 1 heterocycles. The summed E-state index contributed by atoms with van der Waals surface area (Å²) in [6, 6.07) is 7.50. The molecule has 1 unspecified atom stereocenters. The van der Waals surface area contributed by atoms with E-state index in [1.807, 2.05) is 38.1 Å². The highest BCUT2D eigenvalue weighted by molar-refractivity contribution is 9.10. The van der Waals surface area contributed by atoms with Crippen molar-refractivity contribution in [2.45, 2.75) is 19.9 Å². The van der Waals surface area contributed by atoms with Gasteiger partial charge in [0, 0.05) is 9.35 Å². The molecule has 0 radical (unpaired) electrons. The average molecular weight is 391 g/mol. The summed E-state index contributed by atoms with van der Waals surface area (Å²) in [7, 11) is 0. The van der Waals surface area contributed by atoms with Crippen molar-refractivity contribution in [1.82, 2.24) is 0 Å². The molecule has 0 bridgehead atoms. The molecule has 0 fully saturated rings. The van der Waals surface area contributed by atoms with Gasteiger partial charge in [-0.3, -0.25) is 0 Å².